The van der Waals surface area contributed by atoms with Crippen LogP contribution in [-0.4, -0.2) is 6.18 Å². The van der Waals surface area contributed by atoms with Gasteiger partial charge in [-0.3, -0.25) is 0 Å². The topological polar surface area (TPSA) is 23.8 Å². The lowest BCUT2D eigenvalue weighted by Crippen LogP contribution is -2.09. The van der Waals surface area contributed by atoms with Crippen LogP contribution in [-0.2, 0) is 0 Å². The zero-order chi connectivity index (χ0) is 13.2. The number of benzene rings is 1. The van der Waals surface area contributed by atoms with Crippen molar-refractivity contribution in [1.82, 2.24) is 0 Å². The molecular weight excluding hydrogens is 297 g/mol. The van der Waals surface area contributed by atoms with Crippen LogP contribution < -0.4 is 0 Å². The third-order valence-electron chi connectivity index (χ3n) is 1.73. The van der Waals surface area contributed by atoms with Gasteiger partial charge in [0.25, 0.3) is 0 Å². The quantitative estimate of drug-likeness (QED) is 0.667. The van der Waals surface area contributed by atoms with E-state index in [1.807, 2.05) is 0 Å². The van der Waals surface area contributed by atoms with Gasteiger partial charge in [0.2, 0.25) is 0 Å². The summed E-state index contributed by atoms with van der Waals surface area (Å²) in [5.74, 6) is 0. The Hall–Kier alpha value is -0.890. The van der Waals surface area contributed by atoms with Gasteiger partial charge in [0.15, 0.2) is 0 Å². The highest BCUT2D eigenvalue weighted by Gasteiger charge is 2.35. The van der Waals surface area contributed by atoms with Crippen molar-refractivity contribution in [3.8, 4) is 6.07 Å². The van der Waals surface area contributed by atoms with Gasteiger partial charge < -0.3 is 0 Å². The Morgan fingerprint density at radius 1 is 1.12 bits per heavy atom. The van der Waals surface area contributed by atoms with Crippen LogP contribution in [0.5, 0.6) is 0 Å². The zero-order valence-electron chi connectivity index (χ0n) is 7.95. The van der Waals surface area contributed by atoms with Crippen molar-refractivity contribution < 1.29 is 13.2 Å². The highest BCUT2D eigenvalue weighted by atomic mass is 35.5. The predicted octanol–water partition coefficient (Wildman–Crippen LogP) is 5.03. The molecular formula is C10H3Cl3F3N. The van der Waals surface area contributed by atoms with E-state index >= 15 is 0 Å². The minimum Gasteiger partial charge on any atom is -0.192 e. The van der Waals surface area contributed by atoms with Crippen molar-refractivity contribution in [1.29, 1.82) is 5.26 Å². The molecule has 0 aliphatic carbocycles. The van der Waals surface area contributed by atoms with Gasteiger partial charge in [0.05, 0.1) is 5.57 Å². The molecule has 0 amide bonds. The second kappa shape index (κ2) is 5.18. The monoisotopic (exact) mass is 299 g/mol. The number of rotatable bonds is 1. The van der Waals surface area contributed by atoms with Gasteiger partial charge in [-0.25, -0.2) is 0 Å². The number of halogens is 6. The van der Waals surface area contributed by atoms with E-state index in [-0.39, 0.29) is 15.6 Å². The van der Waals surface area contributed by atoms with Gasteiger partial charge in [-0.1, -0.05) is 34.8 Å². The summed E-state index contributed by atoms with van der Waals surface area (Å²) < 4.78 is 37.1. The van der Waals surface area contributed by atoms with E-state index in [1.54, 1.807) is 0 Å². The van der Waals surface area contributed by atoms with Gasteiger partial charge >= 0.3 is 6.18 Å². The van der Waals surface area contributed by atoms with Crippen LogP contribution in [0.15, 0.2) is 23.2 Å². The zero-order valence-corrected chi connectivity index (χ0v) is 10.2. The Bertz CT molecular complexity index is 494. The Morgan fingerprint density at radius 2 is 1.59 bits per heavy atom. The smallest absolute Gasteiger partial charge is 0.192 e. The van der Waals surface area contributed by atoms with Crippen molar-refractivity contribution >= 4 is 40.4 Å². The Kier molecular flexibility index (Phi) is 4.31. The van der Waals surface area contributed by atoms with Gasteiger partial charge in [-0.05, 0) is 23.8 Å². The molecule has 1 nitrogen and oxygen atoms in total. The van der Waals surface area contributed by atoms with E-state index in [0.29, 0.717) is 0 Å². The molecule has 0 saturated heterocycles. The molecule has 0 atom stereocenters. The van der Waals surface area contributed by atoms with E-state index < -0.39 is 16.8 Å². The maximum absolute atomic E-state index is 12.4. The van der Waals surface area contributed by atoms with Crippen LogP contribution in [0, 0.1) is 11.3 Å². The third-order valence-corrected chi connectivity index (χ3v) is 2.57. The van der Waals surface area contributed by atoms with Gasteiger partial charge in [-0.15, -0.1) is 0 Å². The summed E-state index contributed by atoms with van der Waals surface area (Å²) in [6, 6.07) is 5.09. The van der Waals surface area contributed by atoms with Crippen LogP contribution in [0.1, 0.15) is 5.56 Å². The second-order valence-electron chi connectivity index (χ2n) is 2.96. The first-order chi connectivity index (χ1) is 7.75. The average Bonchev–Trinajstić information content (AvgIpc) is 2.15. The number of nitrogens with zero attached hydrogens (tertiary/aromatic N) is 1. The molecule has 0 fully saturated rings. The summed E-state index contributed by atoms with van der Waals surface area (Å²) in [7, 11) is 0. The molecule has 0 unspecified atom stereocenters. The summed E-state index contributed by atoms with van der Waals surface area (Å²) in [5.41, 5.74) is -0.795. The third kappa shape index (κ3) is 3.53. The first-order valence-electron chi connectivity index (χ1n) is 4.09. The largest absolute Gasteiger partial charge is 0.428 e. The van der Waals surface area contributed by atoms with Crippen LogP contribution in [0.4, 0.5) is 13.2 Å². The average molecular weight is 300 g/mol. The van der Waals surface area contributed by atoms with Crippen LogP contribution in [0.3, 0.4) is 0 Å². The molecule has 0 radical (unpaired) electrons. The van der Waals surface area contributed by atoms with Crippen LogP contribution in [0.25, 0.3) is 5.57 Å². The molecule has 0 aliphatic rings. The maximum atomic E-state index is 12.4. The van der Waals surface area contributed by atoms with Crippen LogP contribution in [0.2, 0.25) is 10.0 Å². The van der Waals surface area contributed by atoms with E-state index in [1.165, 1.54) is 24.3 Å². The molecule has 7 heteroatoms. The molecule has 90 valence electrons. The summed E-state index contributed by atoms with van der Waals surface area (Å²) in [6.07, 6.45) is -4.79. The highest BCUT2D eigenvalue weighted by molar-refractivity contribution is 6.36. The number of hydrogen-bond acceptors (Lipinski definition) is 1. The van der Waals surface area contributed by atoms with Crippen LogP contribution >= 0.6 is 34.8 Å². The molecule has 17 heavy (non-hydrogen) atoms. The van der Waals surface area contributed by atoms with Crippen molar-refractivity contribution in [3.63, 3.8) is 0 Å². The molecule has 0 bridgehead atoms. The first kappa shape index (κ1) is 14.2. The lowest BCUT2D eigenvalue weighted by atomic mass is 10.1. The molecule has 1 aromatic rings. The van der Waals surface area contributed by atoms with E-state index in [0.717, 1.165) is 0 Å². The molecule has 0 heterocycles. The molecule has 0 aromatic heterocycles. The lowest BCUT2D eigenvalue weighted by molar-refractivity contribution is -0.0839. The molecule has 0 saturated carbocycles. The fourth-order valence-electron chi connectivity index (χ4n) is 1.08. The normalized spacial score (nSPS) is 13.0. The lowest BCUT2D eigenvalue weighted by Gasteiger charge is -2.08. The molecule has 1 aromatic carbocycles. The molecule has 0 aliphatic heterocycles. The minimum atomic E-state index is -4.79. The minimum absolute atomic E-state index is 0.0766. The molecule has 1 rings (SSSR count). The van der Waals surface area contributed by atoms with Gasteiger partial charge in [-0.2, -0.15) is 18.4 Å². The number of nitriles is 1. The Balaban J connectivity index is 3.44. The fraction of sp³-hybridized carbons (Fsp3) is 0.100. The van der Waals surface area contributed by atoms with E-state index in [4.69, 9.17) is 40.1 Å². The van der Waals surface area contributed by atoms with Crippen molar-refractivity contribution in [2.45, 2.75) is 6.18 Å². The SMILES string of the molecule is N#C/C(=C(\Cl)C(F)(F)F)c1cc(Cl)cc(Cl)c1. The molecule has 0 spiro atoms. The highest BCUT2D eigenvalue weighted by Crippen LogP contribution is 2.36. The standard InChI is InChI=1S/C10H3Cl3F3N/c11-6-1-5(2-7(12)3-6)8(4-17)9(13)10(14,15)16/h1-3H/b9-8+. The summed E-state index contributed by atoms with van der Waals surface area (Å²) in [6.45, 7) is 0. The van der Waals surface area contributed by atoms with E-state index in [2.05, 4.69) is 0 Å². The number of allylic oxidation sites excluding steroid dienone is 2. The van der Waals surface area contributed by atoms with Crippen molar-refractivity contribution in [2.24, 2.45) is 0 Å². The summed E-state index contributed by atoms with van der Waals surface area (Å²) >= 11 is 16.4. The fourth-order valence-corrected chi connectivity index (χ4v) is 1.76. The first-order valence-corrected chi connectivity index (χ1v) is 5.22. The Morgan fingerprint density at radius 3 is 1.94 bits per heavy atom. The number of hydrogen-bond donors (Lipinski definition) is 0. The molecule has 0 N–H and O–H groups in total. The summed E-state index contributed by atoms with van der Waals surface area (Å²) in [5, 5.41) is 7.45. The predicted molar refractivity (Wildman–Crippen MR) is 60.9 cm³/mol. The van der Waals surface area contributed by atoms with Gasteiger partial charge in [0.1, 0.15) is 11.1 Å². The summed E-state index contributed by atoms with van der Waals surface area (Å²) in [4.78, 5) is 0. The van der Waals surface area contributed by atoms with Crippen molar-refractivity contribution in [3.05, 3.63) is 38.8 Å². The number of alkyl halides is 3. The second-order valence-corrected chi connectivity index (χ2v) is 4.21. The van der Waals surface area contributed by atoms with Gasteiger partial charge in [0, 0.05) is 10.0 Å². The van der Waals surface area contributed by atoms with Crippen molar-refractivity contribution in [2.75, 3.05) is 0 Å². The maximum Gasteiger partial charge on any atom is 0.428 e. The van der Waals surface area contributed by atoms with E-state index in [9.17, 15) is 13.2 Å². The Labute approximate surface area is 110 Å².